The molecule has 0 radical (unpaired) electrons. The maximum Gasteiger partial charge on any atom is 0.270 e. The lowest BCUT2D eigenvalue weighted by molar-refractivity contribution is -0.127. The normalized spacial score (nSPS) is 18.6. The fourth-order valence-corrected chi connectivity index (χ4v) is 3.26. The van der Waals surface area contributed by atoms with Crippen molar-refractivity contribution in [2.24, 2.45) is 0 Å². The summed E-state index contributed by atoms with van der Waals surface area (Å²) < 4.78 is 10.5. The molecule has 2 heterocycles. The molecule has 0 spiro atoms. The van der Waals surface area contributed by atoms with Crippen molar-refractivity contribution < 1.29 is 23.9 Å². The van der Waals surface area contributed by atoms with Crippen LogP contribution in [0.4, 0.5) is 5.69 Å². The Kier molecular flexibility index (Phi) is 4.25. The zero-order valence-corrected chi connectivity index (χ0v) is 15.2. The van der Waals surface area contributed by atoms with E-state index in [1.54, 1.807) is 42.5 Å². The quantitative estimate of drug-likeness (QED) is 0.814. The molecule has 1 fully saturated rings. The van der Waals surface area contributed by atoms with Crippen molar-refractivity contribution in [3.8, 4) is 11.5 Å². The molecule has 1 saturated heterocycles. The maximum absolute atomic E-state index is 13.0. The lowest BCUT2D eigenvalue weighted by atomic mass is 10.0. The molecule has 0 aliphatic carbocycles. The first-order valence-electron chi connectivity index (χ1n) is 8.07. The number of nitrogens with zero attached hydrogens (tertiary/aromatic N) is 1. The number of halogens is 1. The van der Waals surface area contributed by atoms with Gasteiger partial charge < -0.3 is 9.47 Å². The van der Waals surface area contributed by atoms with E-state index in [4.69, 9.17) is 25.9 Å². The van der Waals surface area contributed by atoms with Crippen LogP contribution in [0.25, 0.3) is 5.70 Å². The predicted octanol–water partition coefficient (Wildman–Crippen LogP) is 2.55. The number of fused-ring (bicyclic) bond motifs is 1. The molecule has 27 heavy (non-hydrogen) atoms. The SMILES string of the molecule is COc1ccc(C2=C3C(=O)N(c4ccc(Cl)cc4)C(=O)[C@H]3ON2)cc1OC. The Morgan fingerprint density at radius 3 is 2.41 bits per heavy atom. The summed E-state index contributed by atoms with van der Waals surface area (Å²) in [4.78, 5) is 32.2. The van der Waals surface area contributed by atoms with Crippen LogP contribution in [0.5, 0.6) is 11.5 Å². The topological polar surface area (TPSA) is 77.1 Å². The second kappa shape index (κ2) is 6.61. The Morgan fingerprint density at radius 2 is 1.74 bits per heavy atom. The maximum atomic E-state index is 13.0. The first-order valence-corrected chi connectivity index (χ1v) is 8.45. The van der Waals surface area contributed by atoms with E-state index in [1.165, 1.54) is 14.2 Å². The van der Waals surface area contributed by atoms with Gasteiger partial charge in [0.2, 0.25) is 0 Å². The van der Waals surface area contributed by atoms with Gasteiger partial charge in [0.25, 0.3) is 11.8 Å². The largest absolute Gasteiger partial charge is 0.493 e. The average Bonchev–Trinajstić information content (AvgIpc) is 3.23. The predicted molar refractivity (Wildman–Crippen MR) is 98.4 cm³/mol. The average molecular weight is 387 g/mol. The smallest absolute Gasteiger partial charge is 0.270 e. The summed E-state index contributed by atoms with van der Waals surface area (Å²) in [6.07, 6.45) is -1.00. The van der Waals surface area contributed by atoms with Gasteiger partial charge in [-0.3, -0.25) is 19.9 Å². The lowest BCUT2D eigenvalue weighted by Crippen LogP contribution is -2.34. The Morgan fingerprint density at radius 1 is 1.04 bits per heavy atom. The van der Waals surface area contributed by atoms with E-state index in [9.17, 15) is 9.59 Å². The van der Waals surface area contributed by atoms with Gasteiger partial charge in [0, 0.05) is 10.6 Å². The molecule has 8 heteroatoms. The van der Waals surface area contributed by atoms with E-state index in [0.717, 1.165) is 4.90 Å². The molecule has 2 amide bonds. The summed E-state index contributed by atoms with van der Waals surface area (Å²) in [5.41, 5.74) is 4.46. The number of carbonyl (C=O) groups is 2. The van der Waals surface area contributed by atoms with Gasteiger partial charge >= 0.3 is 0 Å². The highest BCUT2D eigenvalue weighted by atomic mass is 35.5. The summed E-state index contributed by atoms with van der Waals surface area (Å²) in [6.45, 7) is 0. The number of ether oxygens (including phenoxy) is 2. The minimum atomic E-state index is -1.00. The molecule has 138 valence electrons. The summed E-state index contributed by atoms with van der Waals surface area (Å²) in [6, 6.07) is 11.7. The van der Waals surface area contributed by atoms with Gasteiger partial charge in [-0.1, -0.05) is 11.6 Å². The van der Waals surface area contributed by atoms with Gasteiger partial charge in [-0.05, 0) is 42.5 Å². The van der Waals surface area contributed by atoms with Crippen LogP contribution in [0.2, 0.25) is 5.02 Å². The number of imide groups is 1. The first kappa shape index (κ1) is 17.4. The highest BCUT2D eigenvalue weighted by Crippen LogP contribution is 2.38. The second-order valence-corrected chi connectivity index (χ2v) is 6.35. The van der Waals surface area contributed by atoms with Crippen LogP contribution in [-0.4, -0.2) is 32.1 Å². The highest BCUT2D eigenvalue weighted by Gasteiger charge is 2.50. The number of nitrogens with one attached hydrogen (secondary N) is 1. The van der Waals surface area contributed by atoms with E-state index < -0.39 is 17.9 Å². The number of methoxy groups -OCH3 is 2. The molecule has 4 rings (SSSR count). The van der Waals surface area contributed by atoms with E-state index >= 15 is 0 Å². The fraction of sp³-hybridized carbons (Fsp3) is 0.158. The number of amides is 2. The molecule has 0 unspecified atom stereocenters. The standard InChI is InChI=1S/C19H15ClN2O5/c1-25-13-8-3-10(9-14(13)26-2)16-15-17(27-21-16)19(24)22(18(15)23)12-6-4-11(20)5-7-12/h3-9,17,21H,1-2H3/t17-/m0/s1. The van der Waals surface area contributed by atoms with Crippen molar-refractivity contribution in [1.29, 1.82) is 0 Å². The summed E-state index contributed by atoms with van der Waals surface area (Å²) in [5, 5.41) is 0.515. The molecule has 2 aromatic carbocycles. The molecule has 1 atom stereocenters. The van der Waals surface area contributed by atoms with Gasteiger partial charge in [-0.2, -0.15) is 0 Å². The van der Waals surface area contributed by atoms with Crippen molar-refractivity contribution in [2.75, 3.05) is 19.1 Å². The van der Waals surface area contributed by atoms with Crippen molar-refractivity contribution in [3.63, 3.8) is 0 Å². The van der Waals surface area contributed by atoms with Crippen molar-refractivity contribution >= 4 is 34.8 Å². The molecule has 2 aliphatic rings. The van der Waals surface area contributed by atoms with Crippen molar-refractivity contribution in [2.45, 2.75) is 6.10 Å². The molecule has 0 aromatic heterocycles. The van der Waals surface area contributed by atoms with Gasteiger partial charge in [0.05, 0.1) is 31.2 Å². The second-order valence-electron chi connectivity index (χ2n) is 5.91. The Labute approximate surface area is 160 Å². The van der Waals surface area contributed by atoms with Gasteiger partial charge in [0.15, 0.2) is 17.6 Å². The van der Waals surface area contributed by atoms with Crippen LogP contribution in [0.3, 0.4) is 0 Å². The van der Waals surface area contributed by atoms with Crippen LogP contribution < -0.4 is 19.9 Å². The lowest BCUT2D eigenvalue weighted by Gasteiger charge is -2.16. The molecular weight excluding hydrogens is 372 g/mol. The first-order chi connectivity index (χ1) is 13.0. The van der Waals surface area contributed by atoms with Crippen LogP contribution in [-0.2, 0) is 14.4 Å². The zero-order chi connectivity index (χ0) is 19.1. The van der Waals surface area contributed by atoms with Crippen LogP contribution in [0.1, 0.15) is 5.56 Å². The number of carbonyl (C=O) groups excluding carboxylic acids is 2. The van der Waals surface area contributed by atoms with Gasteiger partial charge in [-0.25, -0.2) is 4.90 Å². The number of benzene rings is 2. The number of hydrogen-bond donors (Lipinski definition) is 1. The molecular formula is C19H15ClN2O5. The van der Waals surface area contributed by atoms with E-state index in [0.29, 0.717) is 33.5 Å². The molecule has 7 nitrogen and oxygen atoms in total. The minimum absolute atomic E-state index is 0.252. The number of anilines is 1. The van der Waals surface area contributed by atoms with Crippen molar-refractivity contribution in [1.82, 2.24) is 5.48 Å². The molecule has 1 N–H and O–H groups in total. The van der Waals surface area contributed by atoms with Crippen LogP contribution in [0.15, 0.2) is 48.0 Å². The number of rotatable bonds is 4. The van der Waals surface area contributed by atoms with E-state index in [-0.39, 0.29) is 5.57 Å². The molecule has 2 aromatic rings. The van der Waals surface area contributed by atoms with E-state index in [2.05, 4.69) is 5.48 Å². The summed E-state index contributed by atoms with van der Waals surface area (Å²) >= 11 is 5.89. The Bertz CT molecular complexity index is 971. The summed E-state index contributed by atoms with van der Waals surface area (Å²) in [5.74, 6) is 0.154. The van der Waals surface area contributed by atoms with E-state index in [1.807, 2.05) is 0 Å². The van der Waals surface area contributed by atoms with Crippen LogP contribution >= 0.6 is 11.6 Å². The summed E-state index contributed by atoms with van der Waals surface area (Å²) in [7, 11) is 3.06. The number of hydroxylamine groups is 1. The zero-order valence-electron chi connectivity index (χ0n) is 14.5. The van der Waals surface area contributed by atoms with Gasteiger partial charge in [0.1, 0.15) is 0 Å². The van der Waals surface area contributed by atoms with Crippen molar-refractivity contribution in [3.05, 3.63) is 58.6 Å². The monoisotopic (exact) mass is 386 g/mol. The Hall–Kier alpha value is -3.03. The molecule has 0 saturated carbocycles. The third-order valence-corrected chi connectivity index (χ3v) is 4.70. The van der Waals surface area contributed by atoms with Gasteiger partial charge in [-0.15, -0.1) is 0 Å². The third-order valence-electron chi connectivity index (χ3n) is 4.45. The highest BCUT2D eigenvalue weighted by molar-refractivity contribution is 6.33. The number of hydrogen-bond acceptors (Lipinski definition) is 6. The minimum Gasteiger partial charge on any atom is -0.493 e. The third kappa shape index (κ3) is 2.72. The fourth-order valence-electron chi connectivity index (χ4n) is 3.13. The van der Waals surface area contributed by atoms with Crippen LogP contribution in [0, 0.1) is 0 Å². The molecule has 2 aliphatic heterocycles. The molecule has 0 bridgehead atoms. The Balaban J connectivity index is 1.77.